The molecule has 0 bridgehead atoms. The lowest BCUT2D eigenvalue weighted by atomic mass is 10.3. The minimum atomic E-state index is -0.227. The zero-order valence-corrected chi connectivity index (χ0v) is 10.2. The van der Waals surface area contributed by atoms with Crippen molar-refractivity contribution in [2.45, 2.75) is 6.54 Å². The molecule has 3 heterocycles. The van der Waals surface area contributed by atoms with E-state index in [2.05, 4.69) is 20.4 Å². The minimum Gasteiger partial charge on any atom is -0.384 e. The monoisotopic (exact) mass is 257 g/mol. The lowest BCUT2D eigenvalue weighted by molar-refractivity contribution is 0.594. The van der Waals surface area contributed by atoms with Crippen molar-refractivity contribution in [3.8, 4) is 0 Å². The van der Waals surface area contributed by atoms with Crippen molar-refractivity contribution in [2.75, 3.05) is 5.73 Å². The van der Waals surface area contributed by atoms with Gasteiger partial charge in [-0.05, 0) is 11.6 Å². The molecule has 0 atom stereocenters. The Morgan fingerprint density at radius 2 is 2.16 bits per heavy atom. The van der Waals surface area contributed by atoms with Gasteiger partial charge in [-0.3, -0.25) is 4.79 Å². The molecule has 2 N–H and O–H groups in total. The maximum absolute atomic E-state index is 12.2. The predicted molar refractivity (Wildman–Crippen MR) is 68.3 cm³/mol. The molecule has 3 aromatic heterocycles. The number of nitrogens with two attached hydrogens (primary N) is 1. The van der Waals surface area contributed by atoms with Crippen LogP contribution in [0.4, 0.5) is 5.82 Å². The Labute approximate surface area is 107 Å². The predicted octanol–water partition coefficient (Wildman–Crippen LogP) is -0.450. The first-order valence-corrected chi connectivity index (χ1v) is 5.61. The number of nitrogen functional groups attached to an aromatic ring is 1. The molecule has 0 aliphatic heterocycles. The third-order valence-electron chi connectivity index (χ3n) is 2.80. The maximum Gasteiger partial charge on any atom is 0.281 e. The van der Waals surface area contributed by atoms with Gasteiger partial charge in [-0.15, -0.1) is 5.10 Å². The average Bonchev–Trinajstić information content (AvgIpc) is 2.78. The van der Waals surface area contributed by atoms with Crippen molar-refractivity contribution in [3.63, 3.8) is 0 Å². The molecule has 0 saturated heterocycles. The Hall–Kier alpha value is -2.77. The molecule has 0 radical (unpaired) electrons. The van der Waals surface area contributed by atoms with E-state index in [1.807, 2.05) is 0 Å². The molecule has 96 valence electrons. The fourth-order valence-corrected chi connectivity index (χ4v) is 1.78. The van der Waals surface area contributed by atoms with Crippen LogP contribution in [0.25, 0.3) is 11.0 Å². The van der Waals surface area contributed by atoms with Gasteiger partial charge < -0.3 is 5.73 Å². The molecule has 8 nitrogen and oxygen atoms in total. The van der Waals surface area contributed by atoms with Crippen LogP contribution >= 0.6 is 0 Å². The molecule has 0 aliphatic rings. The molecule has 8 heteroatoms. The van der Waals surface area contributed by atoms with Gasteiger partial charge in [-0.25, -0.2) is 14.3 Å². The van der Waals surface area contributed by atoms with Gasteiger partial charge in [-0.2, -0.15) is 5.10 Å². The summed E-state index contributed by atoms with van der Waals surface area (Å²) < 4.78 is 2.79. The van der Waals surface area contributed by atoms with Crippen LogP contribution in [0.2, 0.25) is 0 Å². The number of hydrogen-bond acceptors (Lipinski definition) is 6. The molecule has 0 saturated carbocycles. The van der Waals surface area contributed by atoms with E-state index in [9.17, 15) is 4.79 Å². The second kappa shape index (κ2) is 4.16. The second-order valence-corrected chi connectivity index (χ2v) is 4.15. The van der Waals surface area contributed by atoms with Crippen LogP contribution in [0.15, 0.2) is 29.3 Å². The van der Waals surface area contributed by atoms with Crippen molar-refractivity contribution in [3.05, 3.63) is 40.4 Å². The van der Waals surface area contributed by atoms with Crippen LogP contribution in [0.3, 0.4) is 0 Å². The Morgan fingerprint density at radius 1 is 1.32 bits per heavy atom. The van der Waals surface area contributed by atoms with Gasteiger partial charge in [-0.1, -0.05) is 11.3 Å². The van der Waals surface area contributed by atoms with Crippen molar-refractivity contribution < 1.29 is 0 Å². The highest BCUT2D eigenvalue weighted by Gasteiger charge is 2.09. The van der Waals surface area contributed by atoms with Crippen molar-refractivity contribution in [1.29, 1.82) is 0 Å². The van der Waals surface area contributed by atoms with Gasteiger partial charge in [0.2, 0.25) is 0 Å². The number of fused-ring (bicyclic) bond motifs is 1. The fourth-order valence-electron chi connectivity index (χ4n) is 1.78. The lowest BCUT2D eigenvalue weighted by Gasteiger charge is -2.03. The number of aromatic nitrogens is 6. The van der Waals surface area contributed by atoms with E-state index in [1.165, 1.54) is 15.6 Å². The number of nitrogens with zero attached hydrogens (tertiary/aromatic N) is 6. The summed E-state index contributed by atoms with van der Waals surface area (Å²) in [6.45, 7) is 0.296. The van der Waals surface area contributed by atoms with Crippen LogP contribution in [-0.4, -0.2) is 29.8 Å². The number of aryl methyl sites for hydroxylation is 1. The quantitative estimate of drug-likeness (QED) is 0.666. The summed E-state index contributed by atoms with van der Waals surface area (Å²) in [5.41, 5.74) is 6.58. The summed E-state index contributed by atoms with van der Waals surface area (Å²) in [7, 11) is 1.71. The standard InChI is InChI=1S/C11H11N7O/c1-17-10-8(5-14-17)11(19)18(16-15-10)6-7-2-3-9(12)13-4-7/h2-5H,6H2,1H3,(H2,12,13). The highest BCUT2D eigenvalue weighted by molar-refractivity contribution is 5.72. The zero-order valence-electron chi connectivity index (χ0n) is 10.2. The fraction of sp³-hybridized carbons (Fsp3) is 0.182. The van der Waals surface area contributed by atoms with Crippen molar-refractivity contribution in [1.82, 2.24) is 29.8 Å². The molecule has 3 aromatic rings. The number of pyridine rings is 1. The number of rotatable bonds is 2. The molecule has 0 spiro atoms. The zero-order chi connectivity index (χ0) is 13.4. The molecule has 0 fully saturated rings. The summed E-state index contributed by atoms with van der Waals surface area (Å²) in [6.07, 6.45) is 3.10. The topological polar surface area (TPSA) is 105 Å². The first kappa shape index (κ1) is 11.3. The molecule has 0 amide bonds. The normalized spacial score (nSPS) is 11.0. The third kappa shape index (κ3) is 1.92. The van der Waals surface area contributed by atoms with Crippen LogP contribution in [-0.2, 0) is 13.6 Å². The van der Waals surface area contributed by atoms with E-state index in [0.717, 1.165) is 5.56 Å². The first-order valence-electron chi connectivity index (χ1n) is 5.61. The van der Waals surface area contributed by atoms with E-state index in [0.29, 0.717) is 23.4 Å². The van der Waals surface area contributed by atoms with Crippen molar-refractivity contribution in [2.24, 2.45) is 7.05 Å². The summed E-state index contributed by atoms with van der Waals surface area (Å²) in [4.78, 5) is 16.1. The molecular formula is C11H11N7O. The van der Waals surface area contributed by atoms with E-state index in [-0.39, 0.29) is 5.56 Å². The highest BCUT2D eigenvalue weighted by Crippen LogP contribution is 2.04. The van der Waals surface area contributed by atoms with Crippen LogP contribution in [0.5, 0.6) is 0 Å². The highest BCUT2D eigenvalue weighted by atomic mass is 16.1. The lowest BCUT2D eigenvalue weighted by Crippen LogP contribution is -2.24. The van der Waals surface area contributed by atoms with Crippen molar-refractivity contribution >= 4 is 16.9 Å². The molecular weight excluding hydrogens is 246 g/mol. The van der Waals surface area contributed by atoms with E-state index >= 15 is 0 Å². The van der Waals surface area contributed by atoms with E-state index in [4.69, 9.17) is 5.73 Å². The van der Waals surface area contributed by atoms with E-state index in [1.54, 1.807) is 25.4 Å². The van der Waals surface area contributed by atoms with Gasteiger partial charge in [0, 0.05) is 13.2 Å². The Balaban J connectivity index is 2.04. The molecule has 3 rings (SSSR count). The first-order chi connectivity index (χ1) is 9.15. The third-order valence-corrected chi connectivity index (χ3v) is 2.80. The molecule has 0 aliphatic carbocycles. The van der Waals surface area contributed by atoms with Gasteiger partial charge >= 0.3 is 0 Å². The summed E-state index contributed by atoms with van der Waals surface area (Å²) in [6, 6.07) is 3.47. The van der Waals surface area contributed by atoms with E-state index < -0.39 is 0 Å². The molecule has 0 unspecified atom stereocenters. The number of anilines is 1. The summed E-state index contributed by atoms with van der Waals surface area (Å²) >= 11 is 0. The SMILES string of the molecule is Cn1ncc2c(=O)n(Cc3ccc(N)nc3)nnc21. The van der Waals surface area contributed by atoms with Crippen LogP contribution in [0, 0.1) is 0 Å². The van der Waals surface area contributed by atoms with Gasteiger partial charge in [0.1, 0.15) is 11.2 Å². The average molecular weight is 257 g/mol. The summed E-state index contributed by atoms with van der Waals surface area (Å²) in [5, 5.41) is 12.3. The van der Waals surface area contributed by atoms with Crippen LogP contribution < -0.4 is 11.3 Å². The molecule has 0 aromatic carbocycles. The molecule has 19 heavy (non-hydrogen) atoms. The van der Waals surface area contributed by atoms with Gasteiger partial charge in [0.25, 0.3) is 5.56 Å². The van der Waals surface area contributed by atoms with Gasteiger partial charge in [0.15, 0.2) is 5.65 Å². The Bertz CT molecular complexity index is 787. The minimum absolute atomic E-state index is 0.227. The second-order valence-electron chi connectivity index (χ2n) is 4.15. The van der Waals surface area contributed by atoms with Gasteiger partial charge in [0.05, 0.1) is 12.7 Å². The summed E-state index contributed by atoms with van der Waals surface area (Å²) in [5.74, 6) is 0.435. The maximum atomic E-state index is 12.2. The Morgan fingerprint density at radius 3 is 2.89 bits per heavy atom. The smallest absolute Gasteiger partial charge is 0.281 e. The van der Waals surface area contributed by atoms with Crippen LogP contribution in [0.1, 0.15) is 5.56 Å². The largest absolute Gasteiger partial charge is 0.384 e. The number of hydrogen-bond donors (Lipinski definition) is 1. The Kier molecular flexibility index (Phi) is 2.48.